The Balaban J connectivity index is 1.22. The molecule has 0 saturated carbocycles. The average molecular weight is 692 g/mol. The zero-order valence-electron chi connectivity index (χ0n) is 28.5. The minimum absolute atomic E-state index is 0.472. The molecule has 10 aromatic rings. The lowest BCUT2D eigenvalue weighted by atomic mass is 9.67. The van der Waals surface area contributed by atoms with Crippen LogP contribution < -0.4 is 0 Å². The molecule has 0 radical (unpaired) electrons. The van der Waals surface area contributed by atoms with Crippen LogP contribution in [0, 0.1) is 0 Å². The predicted octanol–water partition coefficient (Wildman–Crippen LogP) is 12.4. The van der Waals surface area contributed by atoms with Gasteiger partial charge in [0.25, 0.3) is 0 Å². The van der Waals surface area contributed by atoms with E-state index in [0.717, 1.165) is 33.2 Å². The van der Waals surface area contributed by atoms with Crippen LogP contribution in [-0.4, -0.2) is 14.5 Å². The summed E-state index contributed by atoms with van der Waals surface area (Å²) in [6, 6.07) is 64.1. The first-order valence-electron chi connectivity index (χ1n) is 18.1. The molecule has 1 aliphatic carbocycles. The molecule has 0 amide bonds. The van der Waals surface area contributed by atoms with Gasteiger partial charge in [0.2, 0.25) is 5.95 Å². The van der Waals surface area contributed by atoms with Crippen LogP contribution in [0.25, 0.3) is 71.8 Å². The fraction of sp³-hybridized carbons (Fsp3) is 0.0204. The first kappa shape index (κ1) is 29.1. The molecule has 0 saturated heterocycles. The number of para-hydroxylation sites is 2. The molecule has 2 aromatic heterocycles. The molecule has 3 heterocycles. The lowest BCUT2D eigenvalue weighted by molar-refractivity contribution is 0.724. The summed E-state index contributed by atoms with van der Waals surface area (Å²) in [7, 11) is 0. The Kier molecular flexibility index (Phi) is 5.92. The third-order valence-corrected chi connectivity index (χ3v) is 12.7. The van der Waals surface area contributed by atoms with E-state index >= 15 is 0 Å². The van der Waals surface area contributed by atoms with Gasteiger partial charge in [0.05, 0.1) is 27.7 Å². The number of aromatic nitrogens is 3. The van der Waals surface area contributed by atoms with Gasteiger partial charge < -0.3 is 0 Å². The Morgan fingerprint density at radius 2 is 1.13 bits per heavy atom. The molecule has 0 unspecified atom stereocenters. The van der Waals surface area contributed by atoms with Gasteiger partial charge >= 0.3 is 0 Å². The van der Waals surface area contributed by atoms with Crippen molar-refractivity contribution in [3.63, 3.8) is 0 Å². The largest absolute Gasteiger partial charge is 0.277 e. The highest BCUT2D eigenvalue weighted by molar-refractivity contribution is 7.99. The van der Waals surface area contributed by atoms with E-state index in [1.807, 2.05) is 11.8 Å². The quantitative estimate of drug-likeness (QED) is 0.181. The van der Waals surface area contributed by atoms with Crippen LogP contribution in [-0.2, 0) is 5.41 Å². The summed E-state index contributed by atoms with van der Waals surface area (Å²) in [4.78, 5) is 13.4. The smallest absolute Gasteiger partial charge is 0.235 e. The molecule has 8 aromatic carbocycles. The number of fused-ring (bicyclic) bond motifs is 15. The van der Waals surface area contributed by atoms with Crippen molar-refractivity contribution in [3.05, 3.63) is 198 Å². The zero-order chi connectivity index (χ0) is 34.7. The third kappa shape index (κ3) is 3.85. The predicted molar refractivity (Wildman–Crippen MR) is 218 cm³/mol. The van der Waals surface area contributed by atoms with Crippen molar-refractivity contribution in [2.45, 2.75) is 15.2 Å². The van der Waals surface area contributed by atoms with Crippen LogP contribution in [0.15, 0.2) is 186 Å². The first-order valence-corrected chi connectivity index (χ1v) is 18.9. The second-order valence-electron chi connectivity index (χ2n) is 14.1. The molecule has 0 bridgehead atoms. The van der Waals surface area contributed by atoms with E-state index in [2.05, 4.69) is 180 Å². The number of nitrogens with zero attached hydrogens (tertiary/aromatic N) is 3. The highest BCUT2D eigenvalue weighted by Gasteiger charge is 2.50. The summed E-state index contributed by atoms with van der Waals surface area (Å²) >= 11 is 1.88. The van der Waals surface area contributed by atoms with Crippen molar-refractivity contribution in [2.24, 2.45) is 0 Å². The van der Waals surface area contributed by atoms with E-state index in [-0.39, 0.29) is 0 Å². The molecule has 1 spiro atoms. The normalized spacial score (nSPS) is 13.7. The van der Waals surface area contributed by atoms with E-state index < -0.39 is 5.41 Å². The Labute approximate surface area is 310 Å². The van der Waals surface area contributed by atoms with Crippen molar-refractivity contribution in [3.8, 4) is 28.3 Å². The Morgan fingerprint density at radius 3 is 1.96 bits per heavy atom. The maximum atomic E-state index is 5.52. The van der Waals surface area contributed by atoms with Gasteiger partial charge in [0, 0.05) is 31.5 Å². The van der Waals surface area contributed by atoms with Gasteiger partial charge in [0.15, 0.2) is 0 Å². The van der Waals surface area contributed by atoms with Crippen LogP contribution in [0.2, 0.25) is 0 Å². The fourth-order valence-corrected chi connectivity index (χ4v) is 10.6. The first-order chi connectivity index (χ1) is 26.3. The van der Waals surface area contributed by atoms with Gasteiger partial charge in [-0.2, -0.15) is 0 Å². The number of hydrogen-bond acceptors (Lipinski definition) is 3. The number of hydrogen-bond donors (Lipinski definition) is 0. The monoisotopic (exact) mass is 691 g/mol. The molecule has 53 heavy (non-hydrogen) atoms. The van der Waals surface area contributed by atoms with Crippen LogP contribution in [0.4, 0.5) is 0 Å². The fourth-order valence-electron chi connectivity index (χ4n) is 9.29. The van der Waals surface area contributed by atoms with Crippen molar-refractivity contribution < 1.29 is 0 Å². The second-order valence-corrected chi connectivity index (χ2v) is 15.1. The highest BCUT2D eigenvalue weighted by Crippen LogP contribution is 2.63. The highest BCUT2D eigenvalue weighted by atomic mass is 32.2. The van der Waals surface area contributed by atoms with Crippen molar-refractivity contribution in [1.29, 1.82) is 0 Å². The molecule has 0 fully saturated rings. The van der Waals surface area contributed by atoms with E-state index in [1.165, 1.54) is 64.7 Å². The Morgan fingerprint density at radius 1 is 0.472 bits per heavy atom. The molecule has 4 heteroatoms. The maximum absolute atomic E-state index is 5.52. The summed E-state index contributed by atoms with van der Waals surface area (Å²) in [6.45, 7) is 0. The molecular formula is C49H29N3S. The Bertz CT molecular complexity index is 3130. The summed E-state index contributed by atoms with van der Waals surface area (Å²) in [5.74, 6) is 0.673. The molecule has 3 nitrogen and oxygen atoms in total. The van der Waals surface area contributed by atoms with E-state index in [0.29, 0.717) is 5.95 Å². The van der Waals surface area contributed by atoms with Crippen molar-refractivity contribution in [2.75, 3.05) is 0 Å². The van der Waals surface area contributed by atoms with Gasteiger partial charge in [-0.1, -0.05) is 163 Å². The SMILES string of the molecule is c1ccc2c(c1)Sc1c(ccc3c4ccccc4n(-c4nc(-c5ccc6ccccc6c5)c5ccccc5n4)c13)C21c2ccccc2-c2ccccc21. The molecule has 0 N–H and O–H groups in total. The third-order valence-electron chi connectivity index (χ3n) is 11.5. The van der Waals surface area contributed by atoms with Gasteiger partial charge in [-0.25, -0.2) is 9.97 Å². The Hall–Kier alpha value is -6.49. The minimum atomic E-state index is -0.472. The van der Waals surface area contributed by atoms with Crippen LogP contribution in [0.1, 0.15) is 22.3 Å². The summed E-state index contributed by atoms with van der Waals surface area (Å²) in [6.07, 6.45) is 0. The number of rotatable bonds is 2. The van der Waals surface area contributed by atoms with Gasteiger partial charge in [-0.3, -0.25) is 4.57 Å². The molecule has 12 rings (SSSR count). The van der Waals surface area contributed by atoms with Crippen LogP contribution in [0.5, 0.6) is 0 Å². The molecule has 2 aliphatic rings. The van der Waals surface area contributed by atoms with Crippen molar-refractivity contribution in [1.82, 2.24) is 14.5 Å². The van der Waals surface area contributed by atoms with E-state index in [4.69, 9.17) is 9.97 Å². The van der Waals surface area contributed by atoms with Gasteiger partial charge in [0.1, 0.15) is 0 Å². The van der Waals surface area contributed by atoms with Crippen LogP contribution >= 0.6 is 11.8 Å². The van der Waals surface area contributed by atoms with E-state index in [1.54, 1.807) is 0 Å². The van der Waals surface area contributed by atoms with E-state index in [9.17, 15) is 0 Å². The summed E-state index contributed by atoms with van der Waals surface area (Å²) < 4.78 is 2.34. The maximum Gasteiger partial charge on any atom is 0.235 e. The lowest BCUT2D eigenvalue weighted by Gasteiger charge is -2.40. The van der Waals surface area contributed by atoms with Gasteiger partial charge in [-0.15, -0.1) is 0 Å². The molecule has 246 valence electrons. The number of benzene rings is 8. The topological polar surface area (TPSA) is 30.7 Å². The van der Waals surface area contributed by atoms with Crippen molar-refractivity contribution >= 4 is 55.2 Å². The van der Waals surface area contributed by atoms with Gasteiger partial charge in [-0.05, 0) is 68.4 Å². The zero-order valence-corrected chi connectivity index (χ0v) is 29.3. The standard InChI is InChI=1S/C49H29N3S/c1-2-14-31-29-32(26-25-30(31)13-1)45-37-18-5-10-22-42(37)50-48(51-45)52-43-23-11-6-17-35(43)36-27-28-41-47(46(36)52)53-44-24-12-9-21-40(44)49(41)38-19-7-3-15-33(38)34-16-4-8-20-39(34)49/h1-29H. The summed E-state index contributed by atoms with van der Waals surface area (Å²) in [5, 5.41) is 5.83. The van der Waals surface area contributed by atoms with Crippen LogP contribution in [0.3, 0.4) is 0 Å². The summed E-state index contributed by atoms with van der Waals surface area (Å²) in [5.41, 5.74) is 12.6. The average Bonchev–Trinajstić information content (AvgIpc) is 3.72. The molecule has 0 atom stereocenters. The minimum Gasteiger partial charge on any atom is -0.277 e. The molecular weight excluding hydrogens is 663 g/mol. The molecule has 1 aliphatic heterocycles. The lowest BCUT2D eigenvalue weighted by Crippen LogP contribution is -2.32. The second kappa shape index (κ2) is 10.8.